The van der Waals surface area contributed by atoms with Gasteiger partial charge in [-0.1, -0.05) is 13.8 Å². The Kier molecular flexibility index (Phi) is 8.10. The third-order valence-electron chi connectivity index (χ3n) is 2.83. The molecular weight excluding hydrogens is 292 g/mol. The second kappa shape index (κ2) is 8.98. The molecule has 0 spiro atoms. The van der Waals surface area contributed by atoms with E-state index in [-0.39, 0.29) is 12.3 Å². The number of carboxylic acid groups (broad SMARTS) is 1. The maximum atomic E-state index is 12.1. The highest BCUT2D eigenvalue weighted by molar-refractivity contribution is 5.93. The molecule has 3 atom stereocenters. The minimum Gasteiger partial charge on any atom is -0.480 e. The molecule has 0 fully saturated rings. The molecular formula is C13H24N4O5. The summed E-state index contributed by atoms with van der Waals surface area (Å²) in [5.74, 6) is -3.16. The fourth-order valence-corrected chi connectivity index (χ4v) is 1.67. The summed E-state index contributed by atoms with van der Waals surface area (Å²) in [6.07, 6.45) is -0.0411. The van der Waals surface area contributed by atoms with Crippen LogP contribution in [0.5, 0.6) is 0 Å². The standard InChI is InChI=1S/C13H24N4O5/c1-6(2)4-9(12(20)16-7(3)13(21)22)17-11(19)8(14)5-10(15)18/h6-9H,4-5,14H2,1-3H3,(H2,15,18)(H,16,20)(H,17,19)(H,21,22). The van der Waals surface area contributed by atoms with Crippen LogP contribution in [-0.2, 0) is 19.2 Å². The highest BCUT2D eigenvalue weighted by Gasteiger charge is 2.27. The minimum absolute atomic E-state index is 0.0727. The molecule has 9 nitrogen and oxygen atoms in total. The molecule has 0 aliphatic carbocycles. The molecule has 0 saturated carbocycles. The van der Waals surface area contributed by atoms with Crippen molar-refractivity contribution in [3.05, 3.63) is 0 Å². The summed E-state index contributed by atoms with van der Waals surface area (Å²) in [5, 5.41) is 13.5. The van der Waals surface area contributed by atoms with Crippen molar-refractivity contribution in [1.29, 1.82) is 0 Å². The summed E-state index contributed by atoms with van der Waals surface area (Å²) in [7, 11) is 0. The van der Waals surface area contributed by atoms with E-state index in [2.05, 4.69) is 10.6 Å². The van der Waals surface area contributed by atoms with Crippen molar-refractivity contribution >= 4 is 23.7 Å². The average Bonchev–Trinajstić information content (AvgIpc) is 2.35. The second-order valence-electron chi connectivity index (χ2n) is 5.54. The Morgan fingerprint density at radius 1 is 1.05 bits per heavy atom. The molecule has 0 bridgehead atoms. The van der Waals surface area contributed by atoms with Gasteiger partial charge in [-0.3, -0.25) is 19.2 Å². The third kappa shape index (κ3) is 7.58. The van der Waals surface area contributed by atoms with E-state index in [9.17, 15) is 19.2 Å². The number of nitrogens with one attached hydrogen (secondary N) is 2. The molecule has 9 heteroatoms. The zero-order valence-electron chi connectivity index (χ0n) is 13.0. The van der Waals surface area contributed by atoms with Crippen LogP contribution in [0, 0.1) is 5.92 Å². The lowest BCUT2D eigenvalue weighted by atomic mass is 10.0. The topological polar surface area (TPSA) is 165 Å². The van der Waals surface area contributed by atoms with Gasteiger partial charge in [0.1, 0.15) is 12.1 Å². The molecule has 126 valence electrons. The zero-order chi connectivity index (χ0) is 17.4. The smallest absolute Gasteiger partial charge is 0.325 e. The lowest BCUT2D eigenvalue weighted by Gasteiger charge is -2.22. The van der Waals surface area contributed by atoms with Gasteiger partial charge >= 0.3 is 5.97 Å². The average molecular weight is 316 g/mol. The molecule has 3 unspecified atom stereocenters. The van der Waals surface area contributed by atoms with Gasteiger partial charge in [0.15, 0.2) is 0 Å². The molecule has 7 N–H and O–H groups in total. The van der Waals surface area contributed by atoms with Crippen LogP contribution in [-0.4, -0.2) is 46.9 Å². The number of rotatable bonds is 9. The number of carboxylic acids is 1. The number of carbonyl (C=O) groups is 4. The van der Waals surface area contributed by atoms with Gasteiger partial charge in [0, 0.05) is 0 Å². The lowest BCUT2D eigenvalue weighted by molar-refractivity contribution is -0.141. The first-order valence-corrected chi connectivity index (χ1v) is 6.92. The van der Waals surface area contributed by atoms with E-state index >= 15 is 0 Å². The number of nitrogens with two attached hydrogens (primary N) is 2. The maximum absolute atomic E-state index is 12.1. The Morgan fingerprint density at radius 2 is 1.59 bits per heavy atom. The number of aliphatic carboxylic acids is 1. The quantitative estimate of drug-likeness (QED) is 0.340. The molecule has 0 aromatic heterocycles. The molecule has 0 heterocycles. The summed E-state index contributed by atoms with van der Waals surface area (Å²) >= 11 is 0. The first-order valence-electron chi connectivity index (χ1n) is 6.92. The summed E-state index contributed by atoms with van der Waals surface area (Å²) in [6.45, 7) is 5.00. The van der Waals surface area contributed by atoms with Crippen LogP contribution in [0.15, 0.2) is 0 Å². The van der Waals surface area contributed by atoms with Crippen molar-refractivity contribution in [2.24, 2.45) is 17.4 Å². The van der Waals surface area contributed by atoms with Crippen LogP contribution < -0.4 is 22.1 Å². The van der Waals surface area contributed by atoms with E-state index in [1.807, 2.05) is 13.8 Å². The Balaban J connectivity index is 4.83. The summed E-state index contributed by atoms with van der Waals surface area (Å²) in [4.78, 5) is 45.4. The van der Waals surface area contributed by atoms with Crippen molar-refractivity contribution in [1.82, 2.24) is 10.6 Å². The second-order valence-corrected chi connectivity index (χ2v) is 5.54. The van der Waals surface area contributed by atoms with Crippen molar-refractivity contribution in [2.45, 2.75) is 51.7 Å². The first-order chi connectivity index (χ1) is 10.0. The van der Waals surface area contributed by atoms with E-state index in [1.54, 1.807) is 0 Å². The monoisotopic (exact) mass is 316 g/mol. The molecule has 0 radical (unpaired) electrons. The van der Waals surface area contributed by atoms with Crippen LogP contribution in [0.3, 0.4) is 0 Å². The van der Waals surface area contributed by atoms with Gasteiger partial charge in [-0.25, -0.2) is 0 Å². The number of carbonyl (C=O) groups excluding carboxylic acids is 3. The van der Waals surface area contributed by atoms with Crippen LogP contribution in [0.1, 0.15) is 33.6 Å². The first kappa shape index (κ1) is 19.8. The zero-order valence-corrected chi connectivity index (χ0v) is 13.0. The number of hydrogen-bond acceptors (Lipinski definition) is 5. The summed E-state index contributed by atoms with van der Waals surface area (Å²) in [5.41, 5.74) is 10.5. The van der Waals surface area contributed by atoms with Crippen LogP contribution in [0.2, 0.25) is 0 Å². The van der Waals surface area contributed by atoms with Gasteiger partial charge in [-0.2, -0.15) is 0 Å². The Labute approximate surface area is 128 Å². The van der Waals surface area contributed by atoms with E-state index < -0.39 is 41.8 Å². The number of primary amides is 1. The predicted octanol–water partition coefficient (Wildman–Crippen LogP) is -1.69. The van der Waals surface area contributed by atoms with E-state index in [0.717, 1.165) is 0 Å². The van der Waals surface area contributed by atoms with E-state index in [4.69, 9.17) is 16.6 Å². The molecule has 0 aromatic rings. The van der Waals surface area contributed by atoms with Crippen molar-refractivity contribution in [2.75, 3.05) is 0 Å². The minimum atomic E-state index is -1.19. The molecule has 0 aromatic carbocycles. The molecule has 0 aliphatic rings. The lowest BCUT2D eigenvalue weighted by Crippen LogP contribution is -2.54. The SMILES string of the molecule is CC(C)CC(NC(=O)C(N)CC(N)=O)C(=O)NC(C)C(=O)O. The molecule has 22 heavy (non-hydrogen) atoms. The van der Waals surface area contributed by atoms with E-state index in [0.29, 0.717) is 6.42 Å². The fraction of sp³-hybridized carbons (Fsp3) is 0.692. The Bertz CT molecular complexity index is 438. The normalized spacial score (nSPS) is 14.8. The fourth-order valence-electron chi connectivity index (χ4n) is 1.67. The van der Waals surface area contributed by atoms with Gasteiger partial charge < -0.3 is 27.2 Å². The van der Waals surface area contributed by atoms with Crippen LogP contribution in [0.25, 0.3) is 0 Å². The highest BCUT2D eigenvalue weighted by Crippen LogP contribution is 2.06. The highest BCUT2D eigenvalue weighted by atomic mass is 16.4. The largest absolute Gasteiger partial charge is 0.480 e. The van der Waals surface area contributed by atoms with Gasteiger partial charge in [-0.05, 0) is 19.3 Å². The number of amides is 3. The third-order valence-corrected chi connectivity index (χ3v) is 2.83. The van der Waals surface area contributed by atoms with E-state index in [1.165, 1.54) is 6.92 Å². The molecule has 3 amide bonds. The molecule has 0 aliphatic heterocycles. The van der Waals surface area contributed by atoms with Crippen molar-refractivity contribution in [3.63, 3.8) is 0 Å². The van der Waals surface area contributed by atoms with Crippen molar-refractivity contribution < 1.29 is 24.3 Å². The number of hydrogen-bond donors (Lipinski definition) is 5. The predicted molar refractivity (Wildman–Crippen MR) is 78.4 cm³/mol. The Hall–Kier alpha value is -2.16. The van der Waals surface area contributed by atoms with Crippen LogP contribution >= 0.6 is 0 Å². The van der Waals surface area contributed by atoms with Gasteiger partial charge in [0.2, 0.25) is 17.7 Å². The molecule has 0 saturated heterocycles. The molecule has 0 rings (SSSR count). The van der Waals surface area contributed by atoms with Gasteiger partial charge in [0.25, 0.3) is 0 Å². The summed E-state index contributed by atoms with van der Waals surface area (Å²) in [6, 6.07) is -3.18. The Morgan fingerprint density at radius 3 is 2.00 bits per heavy atom. The van der Waals surface area contributed by atoms with Crippen molar-refractivity contribution in [3.8, 4) is 0 Å². The maximum Gasteiger partial charge on any atom is 0.325 e. The summed E-state index contributed by atoms with van der Waals surface area (Å²) < 4.78 is 0. The van der Waals surface area contributed by atoms with Crippen LogP contribution in [0.4, 0.5) is 0 Å². The van der Waals surface area contributed by atoms with Gasteiger partial charge in [0.05, 0.1) is 12.5 Å². The van der Waals surface area contributed by atoms with Gasteiger partial charge in [-0.15, -0.1) is 0 Å².